The molecule has 0 aliphatic carbocycles. The lowest BCUT2D eigenvalue weighted by molar-refractivity contribution is -0.241. The molecule has 106 valence electrons. The van der Waals surface area contributed by atoms with Crippen LogP contribution in [0, 0.1) is 5.41 Å². The van der Waals surface area contributed by atoms with E-state index in [4.69, 9.17) is 10.5 Å². The van der Waals surface area contributed by atoms with Crippen molar-refractivity contribution in [1.82, 2.24) is 0 Å². The quantitative estimate of drug-likeness (QED) is 0.377. The van der Waals surface area contributed by atoms with Crippen molar-refractivity contribution in [2.75, 3.05) is 0 Å². The van der Waals surface area contributed by atoms with Gasteiger partial charge in [-0.15, -0.1) is 0 Å². The van der Waals surface area contributed by atoms with Gasteiger partial charge in [-0.2, -0.15) is 10.5 Å². The molecule has 0 atom stereocenters. The number of hydrogen-bond donors (Lipinski definition) is 2. The highest BCUT2D eigenvalue weighted by atomic mass is 17.1. The summed E-state index contributed by atoms with van der Waals surface area (Å²) < 4.78 is 0. The molecule has 0 aromatic heterocycles. The van der Waals surface area contributed by atoms with E-state index in [0.717, 1.165) is 25.7 Å². The second-order valence-corrected chi connectivity index (χ2v) is 4.90. The van der Waals surface area contributed by atoms with E-state index in [1.807, 2.05) is 0 Å². The topological polar surface area (TPSA) is 93.1 Å². The maximum absolute atomic E-state index is 11.1. The molecule has 0 saturated carbocycles. The zero-order chi connectivity index (χ0) is 14.0. The van der Waals surface area contributed by atoms with Crippen LogP contribution in [0.3, 0.4) is 0 Å². The summed E-state index contributed by atoms with van der Waals surface area (Å²) in [6, 6.07) is 0. The first-order chi connectivity index (χ1) is 8.47. The SMILES string of the molecule is CCCCCCC(C)(CC(=O)OO)CC(=O)OO. The van der Waals surface area contributed by atoms with E-state index in [-0.39, 0.29) is 12.8 Å². The molecular weight excluding hydrogens is 240 g/mol. The van der Waals surface area contributed by atoms with Gasteiger partial charge in [0.15, 0.2) is 0 Å². The van der Waals surface area contributed by atoms with Crippen LogP contribution < -0.4 is 0 Å². The molecule has 0 radical (unpaired) electrons. The second kappa shape index (κ2) is 8.88. The summed E-state index contributed by atoms with van der Waals surface area (Å²) in [5.41, 5.74) is -0.673. The van der Waals surface area contributed by atoms with E-state index in [1.54, 1.807) is 6.92 Å². The lowest BCUT2D eigenvalue weighted by atomic mass is 9.78. The predicted molar refractivity (Wildman–Crippen MR) is 63.5 cm³/mol. The Morgan fingerprint density at radius 1 is 1.00 bits per heavy atom. The van der Waals surface area contributed by atoms with Gasteiger partial charge in [-0.05, 0) is 11.8 Å². The maximum atomic E-state index is 11.1. The normalized spacial score (nSPS) is 11.1. The highest BCUT2D eigenvalue weighted by molar-refractivity contribution is 5.73. The third-order valence-corrected chi connectivity index (χ3v) is 2.98. The van der Waals surface area contributed by atoms with Gasteiger partial charge in [0, 0.05) is 0 Å². The number of carbonyl (C=O) groups is 2. The first-order valence-corrected chi connectivity index (χ1v) is 6.16. The van der Waals surface area contributed by atoms with Crippen LogP contribution in [-0.2, 0) is 19.4 Å². The van der Waals surface area contributed by atoms with Crippen molar-refractivity contribution >= 4 is 11.9 Å². The summed E-state index contributed by atoms with van der Waals surface area (Å²) in [5.74, 6) is -1.59. The summed E-state index contributed by atoms with van der Waals surface area (Å²) in [4.78, 5) is 29.5. The van der Waals surface area contributed by atoms with E-state index in [2.05, 4.69) is 16.7 Å². The Hall–Kier alpha value is -1.14. The molecule has 0 rings (SSSR count). The van der Waals surface area contributed by atoms with E-state index < -0.39 is 17.4 Å². The van der Waals surface area contributed by atoms with Gasteiger partial charge in [-0.3, -0.25) is 0 Å². The number of rotatable bonds is 9. The van der Waals surface area contributed by atoms with Crippen molar-refractivity contribution in [2.45, 2.75) is 58.8 Å². The van der Waals surface area contributed by atoms with Crippen LogP contribution in [0.5, 0.6) is 0 Å². The average Bonchev–Trinajstić information content (AvgIpc) is 2.34. The van der Waals surface area contributed by atoms with Crippen molar-refractivity contribution in [3.63, 3.8) is 0 Å². The third-order valence-electron chi connectivity index (χ3n) is 2.98. The Balaban J connectivity index is 4.38. The molecule has 0 fully saturated rings. The zero-order valence-electron chi connectivity index (χ0n) is 11.0. The fraction of sp³-hybridized carbons (Fsp3) is 0.833. The van der Waals surface area contributed by atoms with Crippen molar-refractivity contribution in [1.29, 1.82) is 0 Å². The molecule has 0 aromatic carbocycles. The first kappa shape index (κ1) is 16.9. The monoisotopic (exact) mass is 262 g/mol. The molecule has 0 saturated heterocycles. The Bertz CT molecular complexity index is 245. The summed E-state index contributed by atoms with van der Waals surface area (Å²) >= 11 is 0. The van der Waals surface area contributed by atoms with Gasteiger partial charge < -0.3 is 9.78 Å². The Morgan fingerprint density at radius 3 is 1.89 bits per heavy atom. The molecule has 18 heavy (non-hydrogen) atoms. The molecule has 0 spiro atoms. The van der Waals surface area contributed by atoms with Crippen LogP contribution in [0.4, 0.5) is 0 Å². The average molecular weight is 262 g/mol. The zero-order valence-corrected chi connectivity index (χ0v) is 11.0. The summed E-state index contributed by atoms with van der Waals surface area (Å²) in [7, 11) is 0. The number of carbonyl (C=O) groups excluding carboxylic acids is 2. The first-order valence-electron chi connectivity index (χ1n) is 6.16. The molecule has 0 heterocycles. The molecular formula is C12H22O6. The molecule has 0 bridgehead atoms. The fourth-order valence-electron chi connectivity index (χ4n) is 1.98. The van der Waals surface area contributed by atoms with Gasteiger partial charge in [0.1, 0.15) is 0 Å². The van der Waals surface area contributed by atoms with Crippen molar-refractivity contribution < 1.29 is 29.9 Å². The highest BCUT2D eigenvalue weighted by Crippen LogP contribution is 2.33. The van der Waals surface area contributed by atoms with Crippen LogP contribution in [0.1, 0.15) is 58.8 Å². The Kier molecular flexibility index (Phi) is 8.32. The summed E-state index contributed by atoms with van der Waals surface area (Å²) in [5, 5.41) is 16.6. The molecule has 0 aliphatic rings. The smallest absolute Gasteiger partial charge is 0.301 e. The second-order valence-electron chi connectivity index (χ2n) is 4.90. The van der Waals surface area contributed by atoms with Crippen LogP contribution in [0.15, 0.2) is 0 Å². The molecule has 0 aromatic rings. The van der Waals surface area contributed by atoms with Gasteiger partial charge in [0.2, 0.25) is 0 Å². The van der Waals surface area contributed by atoms with E-state index in [9.17, 15) is 9.59 Å². The van der Waals surface area contributed by atoms with Crippen molar-refractivity contribution in [3.8, 4) is 0 Å². The van der Waals surface area contributed by atoms with Gasteiger partial charge in [-0.1, -0.05) is 39.5 Å². The minimum atomic E-state index is -0.793. The highest BCUT2D eigenvalue weighted by Gasteiger charge is 2.31. The number of hydrogen-bond acceptors (Lipinski definition) is 6. The molecule has 0 aliphatic heterocycles. The molecule has 2 N–H and O–H groups in total. The molecule has 0 unspecified atom stereocenters. The fourth-order valence-corrected chi connectivity index (χ4v) is 1.98. The predicted octanol–water partition coefficient (Wildman–Crippen LogP) is 2.78. The van der Waals surface area contributed by atoms with Gasteiger partial charge in [0.05, 0.1) is 12.8 Å². The lowest BCUT2D eigenvalue weighted by Crippen LogP contribution is -2.26. The third kappa shape index (κ3) is 7.24. The van der Waals surface area contributed by atoms with Crippen LogP contribution in [-0.4, -0.2) is 22.5 Å². The Labute approximate surface area is 107 Å². The van der Waals surface area contributed by atoms with E-state index in [1.165, 1.54) is 0 Å². The largest absolute Gasteiger partial charge is 0.342 e. The number of unbranched alkanes of at least 4 members (excludes halogenated alkanes) is 3. The Morgan fingerprint density at radius 2 is 1.50 bits per heavy atom. The summed E-state index contributed by atoms with van der Waals surface area (Å²) in [6.07, 6.45) is 4.49. The molecule has 6 nitrogen and oxygen atoms in total. The van der Waals surface area contributed by atoms with Crippen molar-refractivity contribution in [2.24, 2.45) is 5.41 Å². The van der Waals surface area contributed by atoms with Gasteiger partial charge in [0.25, 0.3) is 0 Å². The van der Waals surface area contributed by atoms with E-state index >= 15 is 0 Å². The van der Waals surface area contributed by atoms with Gasteiger partial charge >= 0.3 is 11.9 Å². The molecule has 0 amide bonds. The van der Waals surface area contributed by atoms with Crippen LogP contribution >= 0.6 is 0 Å². The standard InChI is InChI=1S/C12H22O6/c1-3-4-5-6-7-12(2,8-10(13)17-15)9-11(14)18-16/h15-16H,3-9H2,1-2H3. The lowest BCUT2D eigenvalue weighted by Gasteiger charge is -2.26. The van der Waals surface area contributed by atoms with E-state index in [0.29, 0.717) is 6.42 Å². The van der Waals surface area contributed by atoms with Crippen LogP contribution in [0.25, 0.3) is 0 Å². The minimum absolute atomic E-state index is 0.0925. The molecule has 6 heteroatoms. The van der Waals surface area contributed by atoms with Crippen molar-refractivity contribution in [3.05, 3.63) is 0 Å². The van der Waals surface area contributed by atoms with Crippen LogP contribution in [0.2, 0.25) is 0 Å². The minimum Gasteiger partial charge on any atom is -0.301 e. The maximum Gasteiger partial charge on any atom is 0.342 e. The summed E-state index contributed by atoms with van der Waals surface area (Å²) in [6.45, 7) is 3.82. The van der Waals surface area contributed by atoms with Gasteiger partial charge in [-0.25, -0.2) is 9.59 Å².